The molecule has 0 spiro atoms. The van der Waals surface area contributed by atoms with Gasteiger partial charge in [-0.2, -0.15) is 5.10 Å². The number of nitrogens with one attached hydrogen (secondary N) is 1. The van der Waals surface area contributed by atoms with E-state index in [0.29, 0.717) is 12.1 Å². The van der Waals surface area contributed by atoms with E-state index in [4.69, 9.17) is 0 Å². The van der Waals surface area contributed by atoms with Gasteiger partial charge in [-0.05, 0) is 33.6 Å². The van der Waals surface area contributed by atoms with E-state index < -0.39 is 0 Å². The summed E-state index contributed by atoms with van der Waals surface area (Å²) >= 11 is 0. The Morgan fingerprint density at radius 1 is 1.37 bits per heavy atom. The van der Waals surface area contributed by atoms with Crippen molar-refractivity contribution in [2.45, 2.75) is 32.5 Å². The van der Waals surface area contributed by atoms with Gasteiger partial charge >= 0.3 is 0 Å². The van der Waals surface area contributed by atoms with Gasteiger partial charge in [0.15, 0.2) is 0 Å². The zero-order chi connectivity index (χ0) is 13.8. The van der Waals surface area contributed by atoms with Gasteiger partial charge in [0.25, 0.3) is 0 Å². The van der Waals surface area contributed by atoms with Crippen molar-refractivity contribution in [2.75, 3.05) is 40.3 Å². The quantitative estimate of drug-likeness (QED) is 0.854. The molecule has 1 aromatic heterocycles. The highest BCUT2D eigenvalue weighted by molar-refractivity contribution is 5.11. The molecular weight excluding hydrogens is 238 g/mol. The van der Waals surface area contributed by atoms with Crippen LogP contribution in [0.2, 0.25) is 0 Å². The minimum Gasteiger partial charge on any atom is -0.308 e. The normalized spacial score (nSPS) is 23.7. The zero-order valence-corrected chi connectivity index (χ0v) is 12.6. The topological polar surface area (TPSA) is 36.3 Å². The van der Waals surface area contributed by atoms with Crippen molar-refractivity contribution in [1.29, 1.82) is 0 Å². The molecule has 2 atom stereocenters. The molecule has 0 aliphatic carbocycles. The first kappa shape index (κ1) is 14.5. The molecule has 1 N–H and O–H groups in total. The van der Waals surface area contributed by atoms with Crippen LogP contribution in [-0.4, -0.2) is 65.9 Å². The molecule has 0 radical (unpaired) electrons. The lowest BCUT2D eigenvalue weighted by Gasteiger charge is -2.42. The van der Waals surface area contributed by atoms with Gasteiger partial charge in [0.1, 0.15) is 0 Å². The van der Waals surface area contributed by atoms with Gasteiger partial charge in [-0.15, -0.1) is 0 Å². The molecule has 1 fully saturated rings. The van der Waals surface area contributed by atoms with Crippen LogP contribution >= 0.6 is 0 Å². The number of nitrogens with zero attached hydrogens (tertiary/aromatic N) is 4. The fraction of sp³-hybridized carbons (Fsp3) is 0.786. The van der Waals surface area contributed by atoms with Crippen LogP contribution in [0.5, 0.6) is 0 Å². The van der Waals surface area contributed by atoms with Crippen molar-refractivity contribution in [2.24, 2.45) is 0 Å². The molecule has 0 aromatic carbocycles. The second kappa shape index (κ2) is 6.50. The Morgan fingerprint density at radius 3 is 2.84 bits per heavy atom. The van der Waals surface area contributed by atoms with Crippen LogP contribution in [-0.2, 0) is 6.54 Å². The van der Waals surface area contributed by atoms with Gasteiger partial charge in [0, 0.05) is 38.4 Å². The Labute approximate surface area is 116 Å². The molecule has 108 valence electrons. The van der Waals surface area contributed by atoms with Crippen molar-refractivity contribution in [3.8, 4) is 0 Å². The minimum atomic E-state index is 0.347. The van der Waals surface area contributed by atoms with Crippen LogP contribution < -0.4 is 5.32 Å². The lowest BCUT2D eigenvalue weighted by molar-refractivity contribution is 0.0857. The summed E-state index contributed by atoms with van der Waals surface area (Å²) < 4.78 is 2.11. The predicted molar refractivity (Wildman–Crippen MR) is 78.2 cm³/mol. The van der Waals surface area contributed by atoms with E-state index in [0.717, 1.165) is 32.7 Å². The van der Waals surface area contributed by atoms with Crippen LogP contribution in [0.4, 0.5) is 0 Å². The van der Waals surface area contributed by atoms with Gasteiger partial charge < -0.3 is 10.2 Å². The van der Waals surface area contributed by atoms with E-state index in [-0.39, 0.29) is 0 Å². The average Bonchev–Trinajstić information content (AvgIpc) is 2.87. The first-order valence-electron chi connectivity index (χ1n) is 7.31. The molecule has 1 aliphatic rings. The number of aromatic nitrogens is 2. The van der Waals surface area contributed by atoms with Gasteiger partial charge in [0.2, 0.25) is 0 Å². The summed E-state index contributed by atoms with van der Waals surface area (Å²) in [6, 6.07) is 3.00. The Balaban J connectivity index is 2.23. The maximum atomic E-state index is 4.42. The molecule has 1 aromatic rings. The van der Waals surface area contributed by atoms with E-state index in [1.54, 1.807) is 0 Å². The summed E-state index contributed by atoms with van der Waals surface area (Å²) in [5.41, 5.74) is 1.30. The van der Waals surface area contributed by atoms with Crippen molar-refractivity contribution in [3.63, 3.8) is 0 Å². The molecule has 5 nitrogen and oxygen atoms in total. The molecule has 0 saturated carbocycles. The van der Waals surface area contributed by atoms with Crippen LogP contribution in [0.3, 0.4) is 0 Å². The predicted octanol–water partition coefficient (Wildman–Crippen LogP) is 0.799. The van der Waals surface area contributed by atoms with Crippen molar-refractivity contribution < 1.29 is 0 Å². The van der Waals surface area contributed by atoms with E-state index in [1.165, 1.54) is 5.69 Å². The maximum absolute atomic E-state index is 4.42. The van der Waals surface area contributed by atoms with E-state index in [2.05, 4.69) is 58.9 Å². The molecule has 1 aliphatic heterocycles. The number of aryl methyl sites for hydroxylation is 1. The zero-order valence-electron chi connectivity index (χ0n) is 12.6. The first-order valence-corrected chi connectivity index (χ1v) is 7.31. The summed E-state index contributed by atoms with van der Waals surface area (Å²) in [4.78, 5) is 4.89. The third-order valence-electron chi connectivity index (χ3n) is 4.08. The molecule has 2 rings (SSSR count). The lowest BCUT2D eigenvalue weighted by atomic mass is 10.0. The highest BCUT2D eigenvalue weighted by Gasteiger charge is 2.31. The number of hydrogen-bond acceptors (Lipinski definition) is 4. The van der Waals surface area contributed by atoms with Crippen LogP contribution in [0.25, 0.3) is 0 Å². The monoisotopic (exact) mass is 265 g/mol. The Hall–Kier alpha value is -0.910. The Bertz CT molecular complexity index is 389. The third kappa shape index (κ3) is 3.16. The molecule has 2 heterocycles. The second-order valence-corrected chi connectivity index (χ2v) is 5.42. The van der Waals surface area contributed by atoms with E-state index >= 15 is 0 Å². The average molecular weight is 265 g/mol. The van der Waals surface area contributed by atoms with Crippen LogP contribution in [0.1, 0.15) is 25.6 Å². The van der Waals surface area contributed by atoms with Gasteiger partial charge in [-0.3, -0.25) is 9.58 Å². The van der Waals surface area contributed by atoms with E-state index in [1.807, 2.05) is 6.20 Å². The van der Waals surface area contributed by atoms with Crippen LogP contribution in [0.15, 0.2) is 12.3 Å². The van der Waals surface area contributed by atoms with Crippen LogP contribution in [0, 0.1) is 0 Å². The fourth-order valence-corrected chi connectivity index (χ4v) is 2.93. The number of hydrogen-bond donors (Lipinski definition) is 1. The number of piperazine rings is 1. The summed E-state index contributed by atoms with van der Waals surface area (Å²) in [5, 5.41) is 8.07. The van der Waals surface area contributed by atoms with Gasteiger partial charge in [-0.25, -0.2) is 0 Å². The summed E-state index contributed by atoms with van der Waals surface area (Å²) in [6.07, 6.45) is 1.91. The summed E-state index contributed by atoms with van der Waals surface area (Å²) in [6.45, 7) is 9.61. The molecule has 5 heteroatoms. The highest BCUT2D eigenvalue weighted by atomic mass is 15.3. The fourth-order valence-electron chi connectivity index (χ4n) is 2.93. The largest absolute Gasteiger partial charge is 0.308 e. The number of rotatable bonds is 5. The smallest absolute Gasteiger partial charge is 0.0662 e. The standard InChI is InChI=1S/C14H27N5/c1-5-15-14(12-7-8-16-19(12)6-2)13-11-17(3)9-10-18(13)4/h7-8,13-15H,5-6,9-11H2,1-4H3. The van der Waals surface area contributed by atoms with Gasteiger partial charge in [0.05, 0.1) is 11.7 Å². The molecule has 0 amide bonds. The SMILES string of the molecule is CCNC(c1ccnn1CC)C1CN(C)CCN1C. The van der Waals surface area contributed by atoms with Crippen molar-refractivity contribution in [3.05, 3.63) is 18.0 Å². The maximum Gasteiger partial charge on any atom is 0.0662 e. The van der Waals surface area contributed by atoms with E-state index in [9.17, 15) is 0 Å². The van der Waals surface area contributed by atoms with Crippen molar-refractivity contribution in [1.82, 2.24) is 24.9 Å². The van der Waals surface area contributed by atoms with Gasteiger partial charge in [-0.1, -0.05) is 6.92 Å². The molecule has 1 saturated heterocycles. The molecule has 2 unspecified atom stereocenters. The van der Waals surface area contributed by atoms with Crippen molar-refractivity contribution >= 4 is 0 Å². The highest BCUT2D eigenvalue weighted by Crippen LogP contribution is 2.23. The molecule has 0 bridgehead atoms. The summed E-state index contributed by atoms with van der Waals surface area (Å²) in [5.74, 6) is 0. The summed E-state index contributed by atoms with van der Waals surface area (Å²) in [7, 11) is 4.44. The first-order chi connectivity index (χ1) is 9.17. The minimum absolute atomic E-state index is 0.347. The lowest BCUT2D eigenvalue weighted by Crippen LogP contribution is -2.55. The third-order valence-corrected chi connectivity index (χ3v) is 4.08. The Morgan fingerprint density at radius 2 is 2.16 bits per heavy atom. The Kier molecular flexibility index (Phi) is 4.96. The molecule has 19 heavy (non-hydrogen) atoms. The second-order valence-electron chi connectivity index (χ2n) is 5.42. The molecular formula is C14H27N5. The number of likely N-dealkylation sites (N-methyl/N-ethyl adjacent to an activating group) is 3.